The van der Waals surface area contributed by atoms with Crippen molar-refractivity contribution in [3.63, 3.8) is 0 Å². The SMILES string of the molecule is CC/C=C\C/C=C\C/C=C\C/C=C\C/C=C\CCCC(=O)OCC(COC(=O)CCCCCCCCC/C=C\CCCCCC)OC(=O)CCCCCCCCCCCCCCCCCC. The molecule has 1 atom stereocenters. The first-order valence-electron chi connectivity index (χ1n) is 27.9. The minimum absolute atomic E-state index is 0.0932. The van der Waals surface area contributed by atoms with Crippen LogP contribution in [0.3, 0.4) is 0 Å². The zero-order valence-corrected chi connectivity index (χ0v) is 43.4. The Morgan fingerprint density at radius 2 is 0.606 bits per heavy atom. The normalized spacial score (nSPS) is 12.6. The molecule has 0 aromatic heterocycles. The maximum Gasteiger partial charge on any atom is 0.306 e. The van der Waals surface area contributed by atoms with E-state index >= 15 is 0 Å². The van der Waals surface area contributed by atoms with Crippen LogP contribution in [0.2, 0.25) is 0 Å². The van der Waals surface area contributed by atoms with E-state index in [0.717, 1.165) is 77.0 Å². The number of unbranched alkanes of at least 4 members (excludes halogenated alkanes) is 27. The molecule has 0 amide bonds. The van der Waals surface area contributed by atoms with E-state index < -0.39 is 6.10 Å². The van der Waals surface area contributed by atoms with E-state index in [4.69, 9.17) is 14.2 Å². The molecular weight excluding hydrogens is 817 g/mol. The molecule has 0 aromatic rings. The van der Waals surface area contributed by atoms with Gasteiger partial charge >= 0.3 is 17.9 Å². The second kappa shape index (κ2) is 54.5. The van der Waals surface area contributed by atoms with Gasteiger partial charge in [-0.05, 0) is 83.5 Å². The summed E-state index contributed by atoms with van der Waals surface area (Å²) in [5, 5.41) is 0. The Morgan fingerprint density at radius 3 is 1.02 bits per heavy atom. The number of rotatable bonds is 50. The third-order valence-electron chi connectivity index (χ3n) is 11.9. The minimum Gasteiger partial charge on any atom is -0.462 e. The summed E-state index contributed by atoms with van der Waals surface area (Å²) in [4.78, 5) is 38.1. The van der Waals surface area contributed by atoms with Crippen LogP contribution in [-0.2, 0) is 28.6 Å². The van der Waals surface area contributed by atoms with Crippen molar-refractivity contribution in [3.8, 4) is 0 Å². The molecule has 0 spiro atoms. The molecular formula is C60H104O6. The second-order valence-corrected chi connectivity index (χ2v) is 18.5. The Morgan fingerprint density at radius 1 is 0.318 bits per heavy atom. The zero-order valence-electron chi connectivity index (χ0n) is 43.4. The maximum atomic E-state index is 12.8. The van der Waals surface area contributed by atoms with Gasteiger partial charge in [0.15, 0.2) is 6.10 Å². The number of carbonyl (C=O) groups excluding carboxylic acids is 3. The lowest BCUT2D eigenvalue weighted by Crippen LogP contribution is -2.30. The Hall–Kier alpha value is -3.15. The van der Waals surface area contributed by atoms with E-state index in [1.807, 2.05) is 0 Å². The average molecular weight is 921 g/mol. The molecule has 0 aliphatic carbocycles. The van der Waals surface area contributed by atoms with Crippen molar-refractivity contribution in [1.82, 2.24) is 0 Å². The number of esters is 3. The molecule has 0 saturated carbocycles. The molecule has 0 heterocycles. The lowest BCUT2D eigenvalue weighted by molar-refractivity contribution is -0.167. The highest BCUT2D eigenvalue weighted by Crippen LogP contribution is 2.16. The van der Waals surface area contributed by atoms with Crippen LogP contribution in [-0.4, -0.2) is 37.2 Å². The van der Waals surface area contributed by atoms with Crippen LogP contribution < -0.4 is 0 Å². The molecule has 0 fully saturated rings. The molecule has 6 nitrogen and oxygen atoms in total. The van der Waals surface area contributed by atoms with Gasteiger partial charge in [-0.2, -0.15) is 0 Å². The maximum absolute atomic E-state index is 12.8. The van der Waals surface area contributed by atoms with E-state index in [0.29, 0.717) is 19.3 Å². The van der Waals surface area contributed by atoms with Crippen LogP contribution in [0.15, 0.2) is 72.9 Å². The van der Waals surface area contributed by atoms with Gasteiger partial charge in [-0.25, -0.2) is 0 Å². The van der Waals surface area contributed by atoms with Gasteiger partial charge in [0.05, 0.1) is 0 Å². The van der Waals surface area contributed by atoms with Gasteiger partial charge < -0.3 is 14.2 Å². The Labute approximate surface area is 408 Å². The van der Waals surface area contributed by atoms with Gasteiger partial charge in [-0.3, -0.25) is 14.4 Å². The van der Waals surface area contributed by atoms with Gasteiger partial charge in [-0.15, -0.1) is 0 Å². The van der Waals surface area contributed by atoms with E-state index in [1.165, 1.54) is 148 Å². The fourth-order valence-electron chi connectivity index (χ4n) is 7.77. The van der Waals surface area contributed by atoms with E-state index in [1.54, 1.807) is 0 Å². The first-order chi connectivity index (χ1) is 32.5. The number of hydrogen-bond donors (Lipinski definition) is 0. The van der Waals surface area contributed by atoms with Crippen molar-refractivity contribution in [2.75, 3.05) is 13.2 Å². The number of hydrogen-bond acceptors (Lipinski definition) is 6. The summed E-state index contributed by atoms with van der Waals surface area (Å²) in [5.74, 6) is -0.949. The second-order valence-electron chi connectivity index (χ2n) is 18.5. The highest BCUT2D eigenvalue weighted by atomic mass is 16.6. The van der Waals surface area contributed by atoms with Crippen molar-refractivity contribution in [2.24, 2.45) is 0 Å². The highest BCUT2D eigenvalue weighted by molar-refractivity contribution is 5.71. The summed E-state index contributed by atoms with van der Waals surface area (Å²) < 4.78 is 16.8. The van der Waals surface area contributed by atoms with E-state index in [-0.39, 0.29) is 37.5 Å². The molecule has 66 heavy (non-hydrogen) atoms. The largest absolute Gasteiger partial charge is 0.462 e. The third kappa shape index (κ3) is 51.8. The smallest absolute Gasteiger partial charge is 0.306 e. The average Bonchev–Trinajstić information content (AvgIpc) is 3.31. The fraction of sp³-hybridized carbons (Fsp3) is 0.750. The molecule has 0 aromatic carbocycles. The Kier molecular flexibility index (Phi) is 51.9. The third-order valence-corrected chi connectivity index (χ3v) is 11.9. The molecule has 380 valence electrons. The quantitative estimate of drug-likeness (QED) is 0.0262. The minimum atomic E-state index is -0.798. The van der Waals surface area contributed by atoms with Gasteiger partial charge in [0, 0.05) is 19.3 Å². The molecule has 0 bridgehead atoms. The predicted octanol–water partition coefficient (Wildman–Crippen LogP) is 18.6. The van der Waals surface area contributed by atoms with Crippen molar-refractivity contribution in [2.45, 2.75) is 277 Å². The van der Waals surface area contributed by atoms with Crippen LogP contribution >= 0.6 is 0 Å². The van der Waals surface area contributed by atoms with Crippen LogP contribution in [0.1, 0.15) is 271 Å². The molecule has 1 unspecified atom stereocenters. The van der Waals surface area contributed by atoms with Gasteiger partial charge in [0.2, 0.25) is 0 Å². The topological polar surface area (TPSA) is 78.9 Å². The number of ether oxygens (including phenoxy) is 3. The highest BCUT2D eigenvalue weighted by Gasteiger charge is 2.19. The monoisotopic (exact) mass is 921 g/mol. The lowest BCUT2D eigenvalue weighted by atomic mass is 10.0. The lowest BCUT2D eigenvalue weighted by Gasteiger charge is -2.18. The van der Waals surface area contributed by atoms with Crippen molar-refractivity contribution in [3.05, 3.63) is 72.9 Å². The van der Waals surface area contributed by atoms with Crippen LogP contribution in [0, 0.1) is 0 Å². The molecule has 0 radical (unpaired) electrons. The summed E-state index contributed by atoms with van der Waals surface area (Å²) >= 11 is 0. The molecule has 0 N–H and O–H groups in total. The van der Waals surface area contributed by atoms with Crippen molar-refractivity contribution >= 4 is 17.9 Å². The van der Waals surface area contributed by atoms with Crippen LogP contribution in [0.5, 0.6) is 0 Å². The fourth-order valence-corrected chi connectivity index (χ4v) is 7.77. The molecule has 0 rings (SSSR count). The molecule has 0 saturated heterocycles. The van der Waals surface area contributed by atoms with Gasteiger partial charge in [0.25, 0.3) is 0 Å². The van der Waals surface area contributed by atoms with Gasteiger partial charge in [0.1, 0.15) is 13.2 Å². The first kappa shape index (κ1) is 62.8. The Bertz CT molecular complexity index is 1240. The van der Waals surface area contributed by atoms with E-state index in [2.05, 4.69) is 93.7 Å². The standard InChI is InChI=1S/C60H104O6/c1-4-7-10-13-16-19-22-25-28-30-33-35-38-41-44-47-50-53-59(62)65-56-57(55-64-58(61)52-49-46-43-40-37-34-31-27-24-21-18-15-12-9-6-3)66-60(63)54-51-48-45-42-39-36-32-29-26-23-20-17-14-11-8-5-2/h7,10,16,19,21,24-25,28,33,35,41,44,57H,4-6,8-9,11-15,17-18,20,22-23,26-27,29-32,34,36-40,42-43,45-56H2,1-3H3/b10-7-,19-16-,24-21-,28-25-,35-33-,44-41-. The van der Waals surface area contributed by atoms with Crippen LogP contribution in [0.25, 0.3) is 0 Å². The Balaban J connectivity index is 4.46. The summed E-state index contributed by atoms with van der Waals surface area (Å²) in [7, 11) is 0. The molecule has 0 aliphatic rings. The summed E-state index contributed by atoms with van der Waals surface area (Å²) in [5.41, 5.74) is 0. The van der Waals surface area contributed by atoms with E-state index in [9.17, 15) is 14.4 Å². The number of allylic oxidation sites excluding steroid dienone is 12. The summed E-state index contributed by atoms with van der Waals surface area (Å²) in [6.45, 7) is 6.48. The predicted molar refractivity (Wildman–Crippen MR) is 284 cm³/mol. The molecule has 6 heteroatoms. The van der Waals surface area contributed by atoms with Gasteiger partial charge in [-0.1, -0.05) is 241 Å². The number of carbonyl (C=O) groups is 3. The summed E-state index contributed by atoms with van der Waals surface area (Å²) in [6, 6.07) is 0. The van der Waals surface area contributed by atoms with Crippen LogP contribution in [0.4, 0.5) is 0 Å². The molecule has 0 aliphatic heterocycles. The van der Waals surface area contributed by atoms with Crippen molar-refractivity contribution < 1.29 is 28.6 Å². The summed E-state index contributed by atoms with van der Waals surface area (Å²) in [6.07, 6.45) is 68.9. The van der Waals surface area contributed by atoms with Crippen molar-refractivity contribution in [1.29, 1.82) is 0 Å². The zero-order chi connectivity index (χ0) is 47.9. The first-order valence-corrected chi connectivity index (χ1v) is 27.9.